The van der Waals surface area contributed by atoms with E-state index < -0.39 is 0 Å². The fraction of sp³-hybridized carbons (Fsp3) is 0.308. The Bertz CT molecular complexity index is 398. The number of nitrogens with two attached hydrogens (primary N) is 2. The Morgan fingerprint density at radius 3 is 2.56 bits per heavy atom. The number of hydrogen-bond acceptors (Lipinski definition) is 4. The fourth-order valence-electron chi connectivity index (χ4n) is 1.42. The summed E-state index contributed by atoms with van der Waals surface area (Å²) in [5.74, 6) is -0.207. The Hall–Kier alpha value is -2.01. The number of ether oxygens (including phenoxy) is 1. The van der Waals surface area contributed by atoms with Gasteiger partial charge in [0.15, 0.2) is 0 Å². The molecule has 0 aromatic heterocycles. The Balaban J connectivity index is 2.34. The molecular formula is C13H19N3O2. The number of nitrogen functional groups attached to an aromatic ring is 2. The number of anilines is 2. The maximum Gasteiger partial charge on any atom is 0.251 e. The first kappa shape index (κ1) is 14.1. The molecule has 0 atom stereocenters. The number of carbonyl (C=O) groups excluding carboxylic acids is 1. The lowest BCUT2D eigenvalue weighted by atomic mass is 10.1. The summed E-state index contributed by atoms with van der Waals surface area (Å²) in [5, 5.41) is 2.73. The van der Waals surface area contributed by atoms with E-state index in [0.29, 0.717) is 36.7 Å². The monoisotopic (exact) mass is 249 g/mol. The molecule has 5 heteroatoms. The minimum Gasteiger partial charge on any atom is -0.399 e. The Morgan fingerprint density at radius 1 is 1.28 bits per heavy atom. The topological polar surface area (TPSA) is 90.4 Å². The summed E-state index contributed by atoms with van der Waals surface area (Å²) < 4.78 is 5.27. The quantitative estimate of drug-likeness (QED) is 0.384. The first-order chi connectivity index (χ1) is 8.63. The summed E-state index contributed by atoms with van der Waals surface area (Å²) in [7, 11) is 0. The maximum atomic E-state index is 11.7. The zero-order valence-corrected chi connectivity index (χ0v) is 10.3. The second kappa shape index (κ2) is 7.34. The third-order valence-electron chi connectivity index (χ3n) is 2.24. The van der Waals surface area contributed by atoms with Crippen molar-refractivity contribution in [2.75, 3.05) is 31.2 Å². The van der Waals surface area contributed by atoms with Gasteiger partial charge in [0.05, 0.1) is 13.2 Å². The molecule has 5 N–H and O–H groups in total. The predicted octanol–water partition coefficient (Wildman–Crippen LogP) is 1.17. The lowest BCUT2D eigenvalue weighted by Gasteiger charge is -2.07. The van der Waals surface area contributed by atoms with Gasteiger partial charge in [-0.2, -0.15) is 0 Å². The molecule has 98 valence electrons. The average molecular weight is 249 g/mol. The number of amides is 1. The van der Waals surface area contributed by atoms with Crippen LogP contribution in [0.4, 0.5) is 11.4 Å². The zero-order chi connectivity index (χ0) is 13.4. The lowest BCUT2D eigenvalue weighted by Crippen LogP contribution is -2.27. The highest BCUT2D eigenvalue weighted by Crippen LogP contribution is 2.13. The first-order valence-electron chi connectivity index (χ1n) is 5.76. The van der Waals surface area contributed by atoms with Crippen molar-refractivity contribution in [2.45, 2.75) is 6.42 Å². The third kappa shape index (κ3) is 4.88. The summed E-state index contributed by atoms with van der Waals surface area (Å²) >= 11 is 0. The zero-order valence-electron chi connectivity index (χ0n) is 10.3. The van der Waals surface area contributed by atoms with E-state index in [-0.39, 0.29) is 5.91 Å². The van der Waals surface area contributed by atoms with Crippen LogP contribution in [0.3, 0.4) is 0 Å². The maximum absolute atomic E-state index is 11.7. The standard InChI is InChI=1S/C13H19N3O2/c1-2-3-5-18-6-4-16-13(17)10-7-11(14)9-12(15)8-10/h2,7-9H,1,3-6,14-15H2,(H,16,17). The fourth-order valence-corrected chi connectivity index (χ4v) is 1.42. The second-order valence-electron chi connectivity index (χ2n) is 3.83. The summed E-state index contributed by atoms with van der Waals surface area (Å²) in [6.07, 6.45) is 2.59. The third-order valence-corrected chi connectivity index (χ3v) is 2.24. The van der Waals surface area contributed by atoms with Crippen LogP contribution < -0.4 is 16.8 Å². The van der Waals surface area contributed by atoms with Crippen molar-refractivity contribution in [2.24, 2.45) is 0 Å². The van der Waals surface area contributed by atoms with Gasteiger partial charge >= 0.3 is 0 Å². The van der Waals surface area contributed by atoms with Crippen molar-refractivity contribution in [3.8, 4) is 0 Å². The summed E-state index contributed by atoms with van der Waals surface area (Å²) in [4.78, 5) is 11.7. The van der Waals surface area contributed by atoms with E-state index in [1.165, 1.54) is 0 Å². The normalized spacial score (nSPS) is 10.0. The van der Waals surface area contributed by atoms with E-state index in [1.807, 2.05) is 0 Å². The molecule has 0 bridgehead atoms. The number of carbonyl (C=O) groups is 1. The van der Waals surface area contributed by atoms with Gasteiger partial charge in [-0.3, -0.25) is 4.79 Å². The molecule has 0 saturated heterocycles. The molecule has 0 aliphatic heterocycles. The van der Waals surface area contributed by atoms with Crippen molar-refractivity contribution in [3.63, 3.8) is 0 Å². The van der Waals surface area contributed by atoms with E-state index in [1.54, 1.807) is 24.3 Å². The van der Waals surface area contributed by atoms with Crippen LogP contribution >= 0.6 is 0 Å². The summed E-state index contributed by atoms with van der Waals surface area (Å²) in [5.41, 5.74) is 12.6. The molecule has 0 spiro atoms. The lowest BCUT2D eigenvalue weighted by molar-refractivity contribution is 0.0918. The van der Waals surface area contributed by atoms with Crippen LogP contribution in [0.5, 0.6) is 0 Å². The molecule has 0 unspecified atom stereocenters. The van der Waals surface area contributed by atoms with Gasteiger partial charge in [-0.05, 0) is 24.6 Å². The van der Waals surface area contributed by atoms with E-state index >= 15 is 0 Å². The van der Waals surface area contributed by atoms with Crippen LogP contribution in [-0.2, 0) is 4.74 Å². The largest absolute Gasteiger partial charge is 0.399 e. The second-order valence-corrected chi connectivity index (χ2v) is 3.83. The van der Waals surface area contributed by atoms with Crippen molar-refractivity contribution in [1.82, 2.24) is 5.32 Å². The average Bonchev–Trinajstić information content (AvgIpc) is 2.32. The molecule has 0 aliphatic rings. The van der Waals surface area contributed by atoms with Crippen LogP contribution in [0.2, 0.25) is 0 Å². The van der Waals surface area contributed by atoms with Gasteiger partial charge < -0.3 is 21.5 Å². The Kier molecular flexibility index (Phi) is 5.73. The number of rotatable bonds is 7. The minimum absolute atomic E-state index is 0.207. The highest BCUT2D eigenvalue weighted by atomic mass is 16.5. The molecule has 0 saturated carbocycles. The molecule has 5 nitrogen and oxygen atoms in total. The van der Waals surface area contributed by atoms with Gasteiger partial charge in [0.1, 0.15) is 0 Å². The van der Waals surface area contributed by atoms with Gasteiger partial charge in [0, 0.05) is 23.5 Å². The molecule has 1 aromatic rings. The van der Waals surface area contributed by atoms with Crippen molar-refractivity contribution >= 4 is 17.3 Å². The van der Waals surface area contributed by atoms with Crippen LogP contribution in [0.25, 0.3) is 0 Å². The molecule has 1 aromatic carbocycles. The highest BCUT2D eigenvalue weighted by Gasteiger charge is 2.06. The number of hydrogen-bond donors (Lipinski definition) is 3. The highest BCUT2D eigenvalue weighted by molar-refractivity contribution is 5.96. The van der Waals surface area contributed by atoms with Gasteiger partial charge in [0.2, 0.25) is 0 Å². The van der Waals surface area contributed by atoms with Crippen molar-refractivity contribution < 1.29 is 9.53 Å². The van der Waals surface area contributed by atoms with E-state index in [0.717, 1.165) is 6.42 Å². The number of nitrogens with one attached hydrogen (secondary N) is 1. The molecule has 1 rings (SSSR count). The predicted molar refractivity (Wildman–Crippen MR) is 73.2 cm³/mol. The van der Waals surface area contributed by atoms with Crippen LogP contribution in [-0.4, -0.2) is 25.7 Å². The summed E-state index contributed by atoms with van der Waals surface area (Å²) in [6.45, 7) is 5.12. The molecule has 0 fully saturated rings. The van der Waals surface area contributed by atoms with Crippen LogP contribution in [0.15, 0.2) is 30.9 Å². The van der Waals surface area contributed by atoms with Gasteiger partial charge in [-0.15, -0.1) is 6.58 Å². The molecule has 0 aliphatic carbocycles. The van der Waals surface area contributed by atoms with Gasteiger partial charge in [0.25, 0.3) is 5.91 Å². The Morgan fingerprint density at radius 2 is 1.94 bits per heavy atom. The van der Waals surface area contributed by atoms with E-state index in [9.17, 15) is 4.79 Å². The smallest absolute Gasteiger partial charge is 0.251 e. The van der Waals surface area contributed by atoms with Crippen molar-refractivity contribution in [3.05, 3.63) is 36.4 Å². The SMILES string of the molecule is C=CCCOCCNC(=O)c1cc(N)cc(N)c1. The molecule has 1 amide bonds. The molecule has 0 heterocycles. The van der Waals surface area contributed by atoms with E-state index in [2.05, 4.69) is 11.9 Å². The van der Waals surface area contributed by atoms with Gasteiger partial charge in [-0.1, -0.05) is 6.08 Å². The van der Waals surface area contributed by atoms with Gasteiger partial charge in [-0.25, -0.2) is 0 Å². The minimum atomic E-state index is -0.207. The number of benzene rings is 1. The summed E-state index contributed by atoms with van der Waals surface area (Å²) in [6, 6.07) is 4.78. The van der Waals surface area contributed by atoms with E-state index in [4.69, 9.17) is 16.2 Å². The van der Waals surface area contributed by atoms with Crippen LogP contribution in [0, 0.1) is 0 Å². The Labute approximate surface area is 107 Å². The first-order valence-corrected chi connectivity index (χ1v) is 5.76. The molecule has 18 heavy (non-hydrogen) atoms. The van der Waals surface area contributed by atoms with Crippen LogP contribution in [0.1, 0.15) is 16.8 Å². The van der Waals surface area contributed by atoms with Crippen molar-refractivity contribution in [1.29, 1.82) is 0 Å². The molecule has 0 radical (unpaired) electrons. The molecular weight excluding hydrogens is 230 g/mol.